The molecule has 3 heterocycles. The summed E-state index contributed by atoms with van der Waals surface area (Å²) >= 11 is 0. The van der Waals surface area contributed by atoms with Crippen LogP contribution in [0.3, 0.4) is 0 Å². The maximum absolute atomic E-state index is 9.74. The minimum atomic E-state index is -0.486. The summed E-state index contributed by atoms with van der Waals surface area (Å²) in [5.74, 6) is 0. The summed E-state index contributed by atoms with van der Waals surface area (Å²) in [6.45, 7) is 47.4. The lowest BCUT2D eigenvalue weighted by Crippen LogP contribution is -2.61. The van der Waals surface area contributed by atoms with Gasteiger partial charge in [0.1, 0.15) is 0 Å². The first kappa shape index (κ1) is 56.9. The van der Waals surface area contributed by atoms with Crippen LogP contribution in [0.1, 0.15) is 195 Å². The molecule has 0 saturated heterocycles. The second-order valence-corrected chi connectivity index (χ2v) is 35.2. The van der Waals surface area contributed by atoms with Crippen LogP contribution >= 0.6 is 0 Å². The van der Waals surface area contributed by atoms with Crippen molar-refractivity contribution in [2.24, 2.45) is 0 Å². The molecule has 0 amide bonds. The zero-order chi connectivity index (χ0) is 76.7. The smallest absolute Gasteiger partial charge is 0.252 e. The van der Waals surface area contributed by atoms with E-state index in [1.165, 1.54) is 44.5 Å². The van der Waals surface area contributed by atoms with E-state index in [9.17, 15) is 8.22 Å². The summed E-state index contributed by atoms with van der Waals surface area (Å²) in [7, 11) is 0. The molecule has 0 bridgehead atoms. The Kier molecular flexibility index (Phi) is 13.5. The van der Waals surface area contributed by atoms with E-state index in [-0.39, 0.29) is 83.9 Å². The SMILES string of the molecule is [2H]c1c([2H])c([2H])c2c(c1[2H])c1c([2H])c([2H])c([2H])c([2H])c1n2-c1ccc2c(c1)N(c1cccc(-c3cc(C(C)(C)C)cc(C(C)(C)C)c3)c1)c1cc(-c3ccc(C(C)(C)C)cc3)cc3c1B2c1cc(-c2cc(C(C)(C)C)cc(C(C)(C)C)c2)ccc1N3c1ccc(-c2cc(C(C)(C)C)cc(C(C)(C)C)c2)cc1. The van der Waals surface area contributed by atoms with Crippen LogP contribution in [0.15, 0.2) is 224 Å². The third-order valence-corrected chi connectivity index (χ3v) is 20.7. The van der Waals surface area contributed by atoms with E-state index in [1.54, 1.807) is 4.57 Å². The first-order valence-corrected chi connectivity index (χ1v) is 35.2. The van der Waals surface area contributed by atoms with Gasteiger partial charge in [-0.15, -0.1) is 0 Å². The highest BCUT2D eigenvalue weighted by atomic mass is 15.2. The van der Waals surface area contributed by atoms with Gasteiger partial charge >= 0.3 is 0 Å². The maximum atomic E-state index is 9.74. The Morgan fingerprint density at radius 1 is 0.265 bits per heavy atom. The lowest BCUT2D eigenvalue weighted by atomic mass is 9.33. The summed E-state index contributed by atoms with van der Waals surface area (Å²) in [6.07, 6.45) is 0. The number of hydrogen-bond donors (Lipinski definition) is 0. The molecule has 0 saturated carbocycles. The zero-order valence-electron chi connectivity index (χ0n) is 69.7. The monoisotopic (exact) mass is 1290 g/mol. The highest BCUT2D eigenvalue weighted by molar-refractivity contribution is 7.00. The fourth-order valence-electron chi connectivity index (χ4n) is 14.5. The van der Waals surface area contributed by atoms with E-state index in [0.717, 1.165) is 89.5 Å². The first-order chi connectivity index (χ1) is 49.3. The van der Waals surface area contributed by atoms with Crippen molar-refractivity contribution in [3.63, 3.8) is 0 Å². The number of fused-ring (bicyclic) bond motifs is 7. The van der Waals surface area contributed by atoms with Gasteiger partial charge in [0.2, 0.25) is 0 Å². The van der Waals surface area contributed by atoms with Crippen LogP contribution < -0.4 is 26.2 Å². The van der Waals surface area contributed by atoms with Crippen molar-refractivity contribution >= 4 is 79.0 Å². The van der Waals surface area contributed by atoms with Gasteiger partial charge in [0, 0.05) is 50.6 Å². The van der Waals surface area contributed by atoms with Crippen molar-refractivity contribution in [2.75, 3.05) is 9.80 Å². The molecule has 2 aliphatic rings. The van der Waals surface area contributed by atoms with Crippen LogP contribution in [0, 0.1) is 0 Å². The summed E-state index contributed by atoms with van der Waals surface area (Å²) in [5, 5.41) is 0.0548. The third-order valence-electron chi connectivity index (χ3n) is 20.7. The first-order valence-electron chi connectivity index (χ1n) is 39.2. The molecule has 11 aromatic carbocycles. The van der Waals surface area contributed by atoms with Gasteiger partial charge in [-0.25, -0.2) is 0 Å². The number of para-hydroxylation sites is 2. The predicted molar refractivity (Wildman–Crippen MR) is 427 cm³/mol. The molecule has 4 heteroatoms. The minimum Gasteiger partial charge on any atom is -0.311 e. The molecular weight excluding hydrogens is 1180 g/mol. The molecule has 3 nitrogen and oxygen atoms in total. The van der Waals surface area contributed by atoms with Gasteiger partial charge in [-0.2, -0.15) is 0 Å². The number of aromatic nitrogens is 1. The predicted octanol–water partition coefficient (Wildman–Crippen LogP) is 24.6. The maximum Gasteiger partial charge on any atom is 0.252 e. The Balaban J connectivity index is 1.13. The van der Waals surface area contributed by atoms with Crippen molar-refractivity contribution in [3.05, 3.63) is 263 Å². The van der Waals surface area contributed by atoms with Crippen LogP contribution in [0.25, 0.3) is 72.0 Å². The largest absolute Gasteiger partial charge is 0.311 e. The number of rotatable bonds is 7. The average molecular weight is 1290 g/mol. The number of anilines is 6. The average Bonchev–Trinajstić information content (AvgIpc) is 0.977. The Labute approximate surface area is 598 Å². The van der Waals surface area contributed by atoms with E-state index >= 15 is 0 Å². The van der Waals surface area contributed by atoms with Crippen LogP contribution in [0.4, 0.5) is 34.1 Å². The van der Waals surface area contributed by atoms with Gasteiger partial charge in [-0.05, 0) is 204 Å². The molecule has 2 aliphatic heterocycles. The second kappa shape index (κ2) is 23.3. The Hall–Kier alpha value is -9.12. The van der Waals surface area contributed by atoms with E-state index in [2.05, 4.69) is 325 Å². The molecular formula is C94H100BN3. The Bertz CT molecular complexity index is 5440. The topological polar surface area (TPSA) is 11.4 Å². The third kappa shape index (κ3) is 12.0. The van der Waals surface area contributed by atoms with Crippen LogP contribution in [0.2, 0.25) is 0 Å². The molecule has 0 unspecified atom stereocenters. The highest BCUT2D eigenvalue weighted by Crippen LogP contribution is 2.50. The van der Waals surface area contributed by atoms with Crippen LogP contribution in [0.5, 0.6) is 0 Å². The van der Waals surface area contributed by atoms with Crippen LogP contribution in [-0.2, 0) is 37.9 Å². The van der Waals surface area contributed by atoms with E-state index in [1.807, 2.05) is 6.07 Å². The molecule has 0 fully saturated rings. The molecule has 494 valence electrons. The van der Waals surface area contributed by atoms with Gasteiger partial charge in [-0.3, -0.25) is 0 Å². The quantitative estimate of drug-likeness (QED) is 0.147. The molecule has 0 radical (unpaired) electrons. The van der Waals surface area contributed by atoms with Gasteiger partial charge in [0.25, 0.3) is 6.71 Å². The fraction of sp³-hybridized carbons (Fsp3) is 0.298. The molecule has 0 atom stereocenters. The molecule has 0 N–H and O–H groups in total. The van der Waals surface area contributed by atoms with E-state index in [0.29, 0.717) is 5.69 Å². The van der Waals surface area contributed by atoms with Crippen molar-refractivity contribution in [2.45, 2.75) is 183 Å². The lowest BCUT2D eigenvalue weighted by Gasteiger charge is -2.45. The van der Waals surface area contributed by atoms with Crippen molar-refractivity contribution in [1.82, 2.24) is 4.57 Å². The van der Waals surface area contributed by atoms with Crippen molar-refractivity contribution in [3.8, 4) is 50.2 Å². The zero-order valence-corrected chi connectivity index (χ0v) is 61.7. The van der Waals surface area contributed by atoms with E-state index < -0.39 is 30.9 Å². The van der Waals surface area contributed by atoms with Gasteiger partial charge < -0.3 is 14.4 Å². The summed E-state index contributed by atoms with van der Waals surface area (Å²) in [5.41, 5.74) is 25.9. The number of hydrogen-bond acceptors (Lipinski definition) is 2. The summed E-state index contributed by atoms with van der Waals surface area (Å²) < 4.78 is 76.5. The fourth-order valence-corrected chi connectivity index (χ4v) is 14.5. The Morgan fingerprint density at radius 3 is 1.09 bits per heavy atom. The highest BCUT2D eigenvalue weighted by Gasteiger charge is 2.45. The van der Waals surface area contributed by atoms with E-state index in [4.69, 9.17) is 2.74 Å². The van der Waals surface area contributed by atoms with Gasteiger partial charge in [0.15, 0.2) is 0 Å². The minimum absolute atomic E-state index is 0.0274. The standard InChI is InChI=1S/C94H100BN3/c1-88(2,3)67-38-33-59(34-39-67)66-53-85-87-86(54-66)98(75-28-26-27-61(51-75)64-47-70(91(10,11)12)56-71(48-64)92(13,14)15)84-58-76(97-81-31-24-22-29-77(81)78-30-23-25-32-82(78)97)42-43-79(84)95(87)80-52-62(65-49-72(93(16,17)18)57-73(50-65)94(19,20)21)37-44-83(80)96(85)74-40-35-60(36-41-74)63-45-68(89(4,5)6)55-69(46-63)90(7,8)9/h22-58H,1-21H3/i22D,23D,24D,25D,29D,30D,31D,32D. The van der Waals surface area contributed by atoms with Crippen molar-refractivity contribution in [1.29, 1.82) is 0 Å². The molecule has 1 aromatic heterocycles. The lowest BCUT2D eigenvalue weighted by molar-refractivity contribution is 0.568. The van der Waals surface area contributed by atoms with Crippen molar-refractivity contribution < 1.29 is 11.0 Å². The summed E-state index contributed by atoms with van der Waals surface area (Å²) in [4.78, 5) is 4.87. The molecule has 14 rings (SSSR count). The Morgan fingerprint density at radius 2 is 0.643 bits per heavy atom. The molecule has 0 aliphatic carbocycles. The molecule has 12 aromatic rings. The molecule has 98 heavy (non-hydrogen) atoms. The van der Waals surface area contributed by atoms with Gasteiger partial charge in [-0.1, -0.05) is 303 Å². The summed E-state index contributed by atoms with van der Waals surface area (Å²) in [6, 6.07) is 63.0. The molecule has 0 spiro atoms. The van der Waals surface area contributed by atoms with Gasteiger partial charge in [0.05, 0.1) is 22.0 Å². The number of benzene rings is 11. The second-order valence-electron chi connectivity index (χ2n) is 35.2. The number of nitrogens with zero attached hydrogens (tertiary/aromatic N) is 3. The normalized spacial score (nSPS) is 14.8. The van der Waals surface area contributed by atoms with Crippen LogP contribution in [-0.4, -0.2) is 11.3 Å².